The molecule has 1 aliphatic heterocycles. The van der Waals surface area contributed by atoms with Crippen molar-refractivity contribution < 1.29 is 14.3 Å². The Bertz CT molecular complexity index is 703. The highest BCUT2D eigenvalue weighted by atomic mass is 19.1. The lowest BCUT2D eigenvalue weighted by molar-refractivity contribution is 0.0753. The molecule has 126 valence electrons. The van der Waals surface area contributed by atoms with Crippen molar-refractivity contribution in [1.29, 1.82) is 0 Å². The summed E-state index contributed by atoms with van der Waals surface area (Å²) >= 11 is 0. The molecule has 3 rings (SSSR count). The van der Waals surface area contributed by atoms with Crippen LogP contribution in [-0.2, 0) is 6.42 Å². The fraction of sp³-hybridized carbons (Fsp3) is 0.368. The van der Waals surface area contributed by atoms with Crippen molar-refractivity contribution in [2.45, 2.75) is 31.8 Å². The highest BCUT2D eigenvalue weighted by Crippen LogP contribution is 2.15. The molecule has 5 heteroatoms. The molecule has 0 spiro atoms. The van der Waals surface area contributed by atoms with E-state index in [4.69, 9.17) is 0 Å². The van der Waals surface area contributed by atoms with E-state index in [1.807, 2.05) is 0 Å². The third-order valence-electron chi connectivity index (χ3n) is 4.35. The molecule has 1 fully saturated rings. The van der Waals surface area contributed by atoms with Crippen LogP contribution in [0.3, 0.4) is 0 Å². The summed E-state index contributed by atoms with van der Waals surface area (Å²) in [7, 11) is 0. The first kappa shape index (κ1) is 16.6. The maximum atomic E-state index is 13.0. The van der Waals surface area contributed by atoms with E-state index in [0.717, 1.165) is 24.1 Å². The topological polar surface area (TPSA) is 53.4 Å². The van der Waals surface area contributed by atoms with Gasteiger partial charge in [-0.05, 0) is 49.1 Å². The van der Waals surface area contributed by atoms with Crippen LogP contribution < -0.4 is 0 Å². The Morgan fingerprint density at radius 1 is 1.21 bits per heavy atom. The maximum Gasteiger partial charge on any atom is 0.253 e. The van der Waals surface area contributed by atoms with Crippen LogP contribution in [0, 0.1) is 5.82 Å². The van der Waals surface area contributed by atoms with Gasteiger partial charge in [-0.3, -0.25) is 9.78 Å². The fourth-order valence-electron chi connectivity index (χ4n) is 2.98. The number of benzene rings is 1. The number of likely N-dealkylation sites (tertiary alicyclic amines) is 1. The van der Waals surface area contributed by atoms with Crippen molar-refractivity contribution in [1.82, 2.24) is 9.88 Å². The maximum absolute atomic E-state index is 13.0. The number of rotatable bonds is 3. The molecule has 0 bridgehead atoms. The first-order valence-corrected chi connectivity index (χ1v) is 8.28. The molecule has 0 saturated carbocycles. The van der Waals surface area contributed by atoms with Crippen LogP contribution in [-0.4, -0.2) is 40.1 Å². The second-order valence-electron chi connectivity index (χ2n) is 6.22. The minimum absolute atomic E-state index is 0.0214. The first-order chi connectivity index (χ1) is 11.6. The molecule has 4 nitrogen and oxygen atoms in total. The zero-order chi connectivity index (χ0) is 16.9. The van der Waals surface area contributed by atoms with Crippen molar-refractivity contribution in [3.8, 4) is 0 Å². The highest BCUT2D eigenvalue weighted by molar-refractivity contribution is 5.94. The van der Waals surface area contributed by atoms with Crippen LogP contribution in [0.5, 0.6) is 0 Å². The molecule has 0 radical (unpaired) electrons. The zero-order valence-corrected chi connectivity index (χ0v) is 13.5. The van der Waals surface area contributed by atoms with Gasteiger partial charge in [-0.15, -0.1) is 0 Å². The predicted molar refractivity (Wildman–Crippen MR) is 89.2 cm³/mol. The van der Waals surface area contributed by atoms with Gasteiger partial charge >= 0.3 is 0 Å². The van der Waals surface area contributed by atoms with E-state index in [1.54, 1.807) is 35.4 Å². The molecule has 1 atom stereocenters. The van der Waals surface area contributed by atoms with Crippen molar-refractivity contribution in [3.63, 3.8) is 0 Å². The Labute approximate surface area is 141 Å². The smallest absolute Gasteiger partial charge is 0.253 e. The Hall–Kier alpha value is -2.27. The summed E-state index contributed by atoms with van der Waals surface area (Å²) in [5.41, 5.74) is 2.34. The van der Waals surface area contributed by atoms with Crippen molar-refractivity contribution in [3.05, 3.63) is 65.2 Å². The van der Waals surface area contributed by atoms with Crippen molar-refractivity contribution >= 4 is 5.91 Å². The standard InChI is InChI=1S/C19H21FN2O2/c20-16-5-3-14(4-6-16)12-17-13-15(7-9-21-17)19(24)22-10-1-2-18(23)8-11-22/h3-7,9,13,18,23H,1-2,8,10-12H2/t18-/m0/s1. The van der Waals surface area contributed by atoms with Crippen LogP contribution in [0.4, 0.5) is 4.39 Å². The molecule has 0 unspecified atom stereocenters. The minimum Gasteiger partial charge on any atom is -0.393 e. The number of aliphatic hydroxyl groups excluding tert-OH is 1. The van der Waals surface area contributed by atoms with E-state index in [9.17, 15) is 14.3 Å². The van der Waals surface area contributed by atoms with Gasteiger partial charge in [0.15, 0.2) is 0 Å². The van der Waals surface area contributed by atoms with E-state index >= 15 is 0 Å². The molecule has 1 aliphatic rings. The van der Waals surface area contributed by atoms with Gasteiger partial charge in [-0.25, -0.2) is 4.39 Å². The number of nitrogens with zero attached hydrogens (tertiary/aromatic N) is 2. The lowest BCUT2D eigenvalue weighted by Crippen LogP contribution is -2.32. The minimum atomic E-state index is -0.311. The number of carbonyl (C=O) groups is 1. The van der Waals surface area contributed by atoms with E-state index in [-0.39, 0.29) is 17.8 Å². The molecule has 0 aliphatic carbocycles. The van der Waals surface area contributed by atoms with Crippen LogP contribution in [0.2, 0.25) is 0 Å². The lowest BCUT2D eigenvalue weighted by Gasteiger charge is -2.20. The van der Waals surface area contributed by atoms with Gasteiger partial charge in [0.1, 0.15) is 5.82 Å². The molecule has 2 aromatic rings. The molecule has 2 heterocycles. The highest BCUT2D eigenvalue weighted by Gasteiger charge is 2.20. The number of amides is 1. The Balaban J connectivity index is 1.72. The van der Waals surface area contributed by atoms with Gasteiger partial charge in [-0.1, -0.05) is 12.1 Å². The van der Waals surface area contributed by atoms with E-state index in [1.165, 1.54) is 12.1 Å². The number of halogens is 1. The molecule has 24 heavy (non-hydrogen) atoms. The van der Waals surface area contributed by atoms with Crippen molar-refractivity contribution in [2.24, 2.45) is 0 Å². The average molecular weight is 328 g/mol. The number of aromatic nitrogens is 1. The van der Waals surface area contributed by atoms with E-state index < -0.39 is 0 Å². The van der Waals surface area contributed by atoms with Crippen molar-refractivity contribution in [2.75, 3.05) is 13.1 Å². The normalized spacial score (nSPS) is 18.2. The summed E-state index contributed by atoms with van der Waals surface area (Å²) < 4.78 is 13.0. The van der Waals surface area contributed by atoms with Gasteiger partial charge in [0, 0.05) is 37.0 Å². The average Bonchev–Trinajstić information content (AvgIpc) is 2.81. The number of hydrogen-bond acceptors (Lipinski definition) is 3. The van der Waals surface area contributed by atoms with Crippen LogP contribution in [0.25, 0.3) is 0 Å². The molecular formula is C19H21FN2O2. The monoisotopic (exact) mass is 328 g/mol. The second-order valence-corrected chi connectivity index (χ2v) is 6.22. The summed E-state index contributed by atoms with van der Waals surface area (Å²) in [6.45, 7) is 1.25. The van der Waals surface area contributed by atoms with Gasteiger partial charge in [0.2, 0.25) is 0 Å². The third-order valence-corrected chi connectivity index (χ3v) is 4.35. The number of carbonyl (C=O) groups excluding carboxylic acids is 1. The first-order valence-electron chi connectivity index (χ1n) is 8.28. The lowest BCUT2D eigenvalue weighted by atomic mass is 10.1. The van der Waals surface area contributed by atoms with Gasteiger partial charge in [0.05, 0.1) is 6.10 Å². The summed E-state index contributed by atoms with van der Waals surface area (Å²) in [4.78, 5) is 18.8. The van der Waals surface area contributed by atoms with Crippen LogP contribution in [0.1, 0.15) is 40.9 Å². The van der Waals surface area contributed by atoms with Gasteiger partial charge < -0.3 is 10.0 Å². The second kappa shape index (κ2) is 7.53. The molecule has 1 aromatic heterocycles. The van der Waals surface area contributed by atoms with E-state index in [2.05, 4.69) is 4.98 Å². The largest absolute Gasteiger partial charge is 0.393 e. The number of aliphatic hydroxyl groups is 1. The van der Waals surface area contributed by atoms with E-state index in [0.29, 0.717) is 31.5 Å². The molecule has 1 N–H and O–H groups in total. The Kier molecular flexibility index (Phi) is 5.20. The van der Waals surface area contributed by atoms with Gasteiger partial charge in [-0.2, -0.15) is 0 Å². The molecular weight excluding hydrogens is 307 g/mol. The zero-order valence-electron chi connectivity index (χ0n) is 13.5. The quantitative estimate of drug-likeness (QED) is 0.943. The number of pyridine rings is 1. The molecule has 1 saturated heterocycles. The van der Waals surface area contributed by atoms with Gasteiger partial charge in [0.25, 0.3) is 5.91 Å². The predicted octanol–water partition coefficient (Wildman–Crippen LogP) is 2.80. The fourth-order valence-corrected chi connectivity index (χ4v) is 2.98. The summed E-state index contributed by atoms with van der Waals surface area (Å²) in [5.74, 6) is -0.286. The summed E-state index contributed by atoms with van der Waals surface area (Å²) in [6.07, 6.45) is 4.07. The van der Waals surface area contributed by atoms with Crippen LogP contribution >= 0.6 is 0 Å². The summed E-state index contributed by atoms with van der Waals surface area (Å²) in [5, 5.41) is 9.71. The molecule has 1 amide bonds. The number of hydrogen-bond donors (Lipinski definition) is 1. The third kappa shape index (κ3) is 4.17. The Morgan fingerprint density at radius 2 is 2.00 bits per heavy atom. The Morgan fingerprint density at radius 3 is 2.79 bits per heavy atom. The molecule has 1 aromatic carbocycles. The van der Waals surface area contributed by atoms with Crippen LogP contribution in [0.15, 0.2) is 42.6 Å². The summed E-state index contributed by atoms with van der Waals surface area (Å²) in [6, 6.07) is 9.81. The SMILES string of the molecule is O=C(c1ccnc(Cc2ccc(F)cc2)c1)N1CCC[C@H](O)CC1.